The Labute approximate surface area is 127 Å². The first-order valence-electron chi connectivity index (χ1n) is 3.91. The fourth-order valence-corrected chi connectivity index (χ4v) is 1.14. The molecular formula is C9H8CaO7. The van der Waals surface area contributed by atoms with Crippen LogP contribution in [0.4, 0.5) is 0 Å². The number of phenols is 1. The maximum Gasteiger partial charge on any atom is 2.00 e. The fourth-order valence-electron chi connectivity index (χ4n) is 1.14. The molecule has 0 saturated heterocycles. The Bertz CT molecular complexity index is 504. The molecule has 0 bridgehead atoms. The first-order chi connectivity index (χ1) is 7.34. The number of hydrogen-bond acceptors (Lipinski definition) is 4. The van der Waals surface area contributed by atoms with Crippen LogP contribution in [0, 0.1) is 0 Å². The van der Waals surface area contributed by atoms with Crippen LogP contribution in [0.1, 0.15) is 33.9 Å². The third-order valence-corrected chi connectivity index (χ3v) is 1.81. The topological polar surface area (TPSA) is 132 Å². The molecule has 0 saturated carbocycles. The third kappa shape index (κ3) is 3.32. The van der Waals surface area contributed by atoms with Gasteiger partial charge in [-0.15, -0.1) is 0 Å². The molecule has 1 aromatic rings. The Hall–Kier alpha value is -1.31. The van der Waals surface area contributed by atoms with E-state index in [9.17, 15) is 19.5 Å². The molecule has 0 aliphatic carbocycles. The minimum atomic E-state index is -1.65. The van der Waals surface area contributed by atoms with Gasteiger partial charge in [-0.25, -0.2) is 14.4 Å². The van der Waals surface area contributed by atoms with Gasteiger partial charge in [0.05, 0.1) is 11.1 Å². The number of carbonyl (C=O) groups is 3. The number of benzene rings is 1. The number of carboxylic acids is 3. The van der Waals surface area contributed by atoms with E-state index in [-0.39, 0.29) is 40.6 Å². The van der Waals surface area contributed by atoms with Crippen LogP contribution in [-0.2, 0) is 0 Å². The van der Waals surface area contributed by atoms with Gasteiger partial charge in [0.15, 0.2) is 0 Å². The van der Waals surface area contributed by atoms with Gasteiger partial charge in [-0.1, -0.05) is 0 Å². The van der Waals surface area contributed by atoms with E-state index in [1.165, 1.54) is 0 Å². The summed E-state index contributed by atoms with van der Waals surface area (Å²) in [4.78, 5) is 31.9. The molecule has 0 unspecified atom stereocenters. The molecule has 0 aliphatic heterocycles. The molecule has 17 heavy (non-hydrogen) atoms. The summed E-state index contributed by atoms with van der Waals surface area (Å²) in [6.07, 6.45) is 0. The van der Waals surface area contributed by atoms with Crippen molar-refractivity contribution in [2.45, 2.75) is 0 Å². The van der Waals surface area contributed by atoms with E-state index in [0.29, 0.717) is 12.1 Å². The average molecular weight is 268 g/mol. The second-order valence-corrected chi connectivity index (χ2v) is 2.83. The minimum absolute atomic E-state index is 0. The van der Waals surface area contributed by atoms with Crippen molar-refractivity contribution in [3.63, 3.8) is 0 Å². The van der Waals surface area contributed by atoms with Gasteiger partial charge in [-0.3, -0.25) is 0 Å². The van der Waals surface area contributed by atoms with Crippen LogP contribution in [0.3, 0.4) is 0 Å². The maximum atomic E-state index is 10.7. The number of aromatic hydroxyl groups is 1. The molecule has 88 valence electrons. The SMILES string of the molecule is O=C(O)c1cc(O)c(C(=O)O)c(C(=O)O)c1.[Ca+2].[H-].[H-]. The van der Waals surface area contributed by atoms with Crippen molar-refractivity contribution in [1.82, 2.24) is 0 Å². The first-order valence-corrected chi connectivity index (χ1v) is 3.91. The van der Waals surface area contributed by atoms with Crippen LogP contribution in [0.2, 0.25) is 0 Å². The van der Waals surface area contributed by atoms with Crippen LogP contribution in [-0.4, -0.2) is 76.1 Å². The van der Waals surface area contributed by atoms with Gasteiger partial charge >= 0.3 is 55.6 Å². The monoisotopic (exact) mass is 268 g/mol. The largest absolute Gasteiger partial charge is 2.00 e. The summed E-state index contributed by atoms with van der Waals surface area (Å²) in [7, 11) is 0. The summed E-state index contributed by atoms with van der Waals surface area (Å²) < 4.78 is 0. The van der Waals surface area contributed by atoms with Gasteiger partial charge in [0.25, 0.3) is 0 Å². The number of hydrogen-bond donors (Lipinski definition) is 4. The summed E-state index contributed by atoms with van der Waals surface area (Å²) in [6, 6.07) is 1.35. The molecule has 0 aromatic heterocycles. The van der Waals surface area contributed by atoms with E-state index < -0.39 is 40.3 Å². The fraction of sp³-hybridized carbons (Fsp3) is 0. The average Bonchev–Trinajstić information content (AvgIpc) is 2.15. The predicted molar refractivity (Wildman–Crippen MR) is 57.0 cm³/mol. The first kappa shape index (κ1) is 15.7. The van der Waals surface area contributed by atoms with E-state index >= 15 is 0 Å². The van der Waals surface area contributed by atoms with Gasteiger partial charge < -0.3 is 23.3 Å². The summed E-state index contributed by atoms with van der Waals surface area (Å²) in [5, 5.41) is 35.2. The zero-order valence-corrected chi connectivity index (χ0v) is 10.6. The van der Waals surface area contributed by atoms with Gasteiger partial charge in [-0.05, 0) is 12.1 Å². The second-order valence-electron chi connectivity index (χ2n) is 2.83. The molecule has 7 nitrogen and oxygen atoms in total. The number of aromatic carboxylic acids is 3. The Morgan fingerprint density at radius 2 is 1.47 bits per heavy atom. The van der Waals surface area contributed by atoms with Crippen LogP contribution in [0.5, 0.6) is 5.75 Å². The Kier molecular flexibility index (Phi) is 5.40. The van der Waals surface area contributed by atoms with Crippen molar-refractivity contribution in [2.24, 2.45) is 0 Å². The van der Waals surface area contributed by atoms with E-state index in [0.717, 1.165) is 0 Å². The molecule has 1 aromatic carbocycles. The molecule has 0 aliphatic rings. The Balaban J connectivity index is -0.000000853. The zero-order valence-electron chi connectivity index (χ0n) is 10.4. The van der Waals surface area contributed by atoms with Gasteiger partial charge in [0.1, 0.15) is 11.3 Å². The molecule has 0 atom stereocenters. The van der Waals surface area contributed by atoms with E-state index in [4.69, 9.17) is 15.3 Å². The summed E-state index contributed by atoms with van der Waals surface area (Å²) in [6.45, 7) is 0. The van der Waals surface area contributed by atoms with Crippen LogP contribution in [0.15, 0.2) is 12.1 Å². The third-order valence-electron chi connectivity index (χ3n) is 1.81. The summed E-state index contributed by atoms with van der Waals surface area (Å²) in [5.74, 6) is -5.64. The molecule has 0 heterocycles. The van der Waals surface area contributed by atoms with Crippen LogP contribution < -0.4 is 0 Å². The van der Waals surface area contributed by atoms with E-state index in [2.05, 4.69) is 0 Å². The Morgan fingerprint density at radius 1 is 0.941 bits per heavy atom. The molecule has 1 rings (SSSR count). The number of rotatable bonds is 3. The van der Waals surface area contributed by atoms with Crippen molar-refractivity contribution < 1.29 is 37.7 Å². The predicted octanol–water partition coefficient (Wildman–Crippen LogP) is 0.331. The standard InChI is InChI=1S/C9H6O7.Ca.2H/c10-5-2-3(7(11)12)1-4(8(13)14)6(5)9(15)16;;;/h1-2,10H,(H,11,12)(H,13,14)(H,15,16);;;/q;+2;2*-1. The number of carboxylic acid groups (broad SMARTS) is 3. The molecule has 0 fully saturated rings. The quantitative estimate of drug-likeness (QED) is 0.580. The minimum Gasteiger partial charge on any atom is -1.00 e. The smallest absolute Gasteiger partial charge is 1.00 e. The van der Waals surface area contributed by atoms with E-state index in [1.54, 1.807) is 0 Å². The summed E-state index contributed by atoms with van der Waals surface area (Å²) >= 11 is 0. The molecule has 0 radical (unpaired) electrons. The maximum absolute atomic E-state index is 10.7. The van der Waals surface area contributed by atoms with Gasteiger partial charge in [0, 0.05) is 0 Å². The molecule has 0 amide bonds. The second kappa shape index (κ2) is 5.85. The van der Waals surface area contributed by atoms with Gasteiger partial charge in [0.2, 0.25) is 0 Å². The van der Waals surface area contributed by atoms with Crippen molar-refractivity contribution in [1.29, 1.82) is 0 Å². The molecule has 8 heteroatoms. The van der Waals surface area contributed by atoms with Crippen molar-refractivity contribution in [2.75, 3.05) is 0 Å². The van der Waals surface area contributed by atoms with Crippen LogP contribution >= 0.6 is 0 Å². The van der Waals surface area contributed by atoms with Gasteiger partial charge in [-0.2, -0.15) is 0 Å². The normalized spacial score (nSPS) is 9.18. The van der Waals surface area contributed by atoms with Crippen molar-refractivity contribution in [3.8, 4) is 5.75 Å². The van der Waals surface area contributed by atoms with Crippen LogP contribution in [0.25, 0.3) is 0 Å². The molecule has 4 N–H and O–H groups in total. The zero-order chi connectivity index (χ0) is 12.5. The Morgan fingerprint density at radius 3 is 1.82 bits per heavy atom. The molecule has 0 spiro atoms. The molecular weight excluding hydrogens is 260 g/mol. The van der Waals surface area contributed by atoms with E-state index in [1.807, 2.05) is 0 Å². The van der Waals surface area contributed by atoms with Crippen molar-refractivity contribution >= 4 is 55.6 Å². The summed E-state index contributed by atoms with van der Waals surface area (Å²) in [5.41, 5.74) is -2.11. The van der Waals surface area contributed by atoms with Crippen molar-refractivity contribution in [3.05, 3.63) is 28.8 Å².